The lowest BCUT2D eigenvalue weighted by Crippen LogP contribution is -2.57. The van der Waals surface area contributed by atoms with Gasteiger partial charge in [-0.25, -0.2) is 0 Å². The number of carbonyl (C=O) groups is 1. The Kier molecular flexibility index (Phi) is 4.33. The van der Waals surface area contributed by atoms with Gasteiger partial charge in [-0.3, -0.25) is 15.0 Å². The number of hydrogen-bond acceptors (Lipinski definition) is 4. The molecule has 16 heavy (non-hydrogen) atoms. The molecular formula is C12H24N2O2. The average Bonchev–Trinajstić information content (AvgIpc) is 2.61. The van der Waals surface area contributed by atoms with E-state index in [2.05, 4.69) is 37.9 Å². The molecule has 0 aromatic rings. The zero-order valence-corrected chi connectivity index (χ0v) is 11.0. The van der Waals surface area contributed by atoms with E-state index in [4.69, 9.17) is 4.74 Å². The molecule has 1 saturated heterocycles. The number of nitrogens with one attached hydrogen (secondary N) is 1. The Hall–Kier alpha value is -0.610. The summed E-state index contributed by atoms with van der Waals surface area (Å²) < 4.78 is 4.94. The highest BCUT2D eigenvalue weighted by molar-refractivity contribution is 5.81. The number of carbonyl (C=O) groups excluding carboxylic acids is 1. The fraction of sp³-hybridized carbons (Fsp3) is 0.917. The maximum absolute atomic E-state index is 11.9. The standard InChI is InChI=1S/C12H24N2O2/c1-9(2)13-12(11(15)16-5)6-7-14(8-12)10(3)4/h9-10,13H,6-8H2,1-5H3. The summed E-state index contributed by atoms with van der Waals surface area (Å²) in [5.41, 5.74) is -0.507. The van der Waals surface area contributed by atoms with Crippen LogP contribution in [0.15, 0.2) is 0 Å². The molecular weight excluding hydrogens is 204 g/mol. The summed E-state index contributed by atoms with van der Waals surface area (Å²) in [6.45, 7) is 10.1. The summed E-state index contributed by atoms with van der Waals surface area (Å²) in [5, 5.41) is 3.37. The Bertz CT molecular complexity index is 253. The van der Waals surface area contributed by atoms with Crippen LogP contribution in [0.1, 0.15) is 34.1 Å². The summed E-state index contributed by atoms with van der Waals surface area (Å²) in [6.07, 6.45) is 0.829. The molecule has 0 aromatic heterocycles. The molecule has 4 heteroatoms. The molecule has 0 amide bonds. The van der Waals surface area contributed by atoms with E-state index in [1.807, 2.05) is 0 Å². The third-order valence-electron chi connectivity index (χ3n) is 3.17. The van der Waals surface area contributed by atoms with Crippen molar-refractivity contribution in [1.29, 1.82) is 0 Å². The van der Waals surface area contributed by atoms with Gasteiger partial charge in [-0.2, -0.15) is 0 Å². The normalized spacial score (nSPS) is 26.7. The third-order valence-corrected chi connectivity index (χ3v) is 3.17. The Labute approximate surface area is 98.3 Å². The predicted octanol–water partition coefficient (Wildman–Crippen LogP) is 1.01. The van der Waals surface area contributed by atoms with Gasteiger partial charge in [-0.1, -0.05) is 0 Å². The second-order valence-corrected chi connectivity index (χ2v) is 5.19. The Morgan fingerprint density at radius 3 is 2.38 bits per heavy atom. The largest absolute Gasteiger partial charge is 0.468 e. The first-order chi connectivity index (χ1) is 7.41. The van der Waals surface area contributed by atoms with Crippen LogP contribution in [0.2, 0.25) is 0 Å². The molecule has 0 aliphatic carbocycles. The minimum Gasteiger partial charge on any atom is -0.468 e. The molecule has 1 heterocycles. The number of likely N-dealkylation sites (tertiary alicyclic amines) is 1. The number of rotatable bonds is 4. The lowest BCUT2D eigenvalue weighted by atomic mass is 9.97. The van der Waals surface area contributed by atoms with E-state index in [9.17, 15) is 4.79 Å². The Morgan fingerprint density at radius 2 is 2.00 bits per heavy atom. The Morgan fingerprint density at radius 1 is 1.38 bits per heavy atom. The molecule has 0 aromatic carbocycles. The van der Waals surface area contributed by atoms with Crippen LogP contribution in [0.5, 0.6) is 0 Å². The minimum atomic E-state index is -0.507. The van der Waals surface area contributed by atoms with E-state index in [0.717, 1.165) is 19.5 Å². The molecule has 1 unspecified atom stereocenters. The first-order valence-corrected chi connectivity index (χ1v) is 6.01. The van der Waals surface area contributed by atoms with Crippen LogP contribution < -0.4 is 5.32 Å². The van der Waals surface area contributed by atoms with Crippen molar-refractivity contribution >= 4 is 5.97 Å². The van der Waals surface area contributed by atoms with Gasteiger partial charge in [0.15, 0.2) is 0 Å². The van der Waals surface area contributed by atoms with Gasteiger partial charge in [0.05, 0.1) is 7.11 Å². The molecule has 4 nitrogen and oxygen atoms in total. The maximum atomic E-state index is 11.9. The van der Waals surface area contributed by atoms with Crippen molar-refractivity contribution < 1.29 is 9.53 Å². The van der Waals surface area contributed by atoms with Gasteiger partial charge in [-0.15, -0.1) is 0 Å². The fourth-order valence-electron chi connectivity index (χ4n) is 2.37. The number of ether oxygens (including phenoxy) is 1. The van der Waals surface area contributed by atoms with Crippen LogP contribution in [-0.4, -0.2) is 48.7 Å². The molecule has 1 fully saturated rings. The molecule has 0 spiro atoms. The molecule has 1 aliphatic heterocycles. The van der Waals surface area contributed by atoms with Gasteiger partial charge >= 0.3 is 5.97 Å². The SMILES string of the molecule is COC(=O)C1(NC(C)C)CCN(C(C)C)C1. The average molecular weight is 228 g/mol. The van der Waals surface area contributed by atoms with Crippen molar-refractivity contribution in [2.24, 2.45) is 0 Å². The van der Waals surface area contributed by atoms with Crippen LogP contribution in [-0.2, 0) is 9.53 Å². The minimum absolute atomic E-state index is 0.135. The van der Waals surface area contributed by atoms with Gasteiger partial charge < -0.3 is 4.74 Å². The molecule has 94 valence electrons. The third kappa shape index (κ3) is 2.74. The van der Waals surface area contributed by atoms with Gasteiger partial charge in [0.25, 0.3) is 0 Å². The number of esters is 1. The lowest BCUT2D eigenvalue weighted by molar-refractivity contribution is -0.148. The second kappa shape index (κ2) is 5.15. The summed E-state index contributed by atoms with van der Waals surface area (Å²) in [7, 11) is 1.46. The topological polar surface area (TPSA) is 41.6 Å². The molecule has 1 N–H and O–H groups in total. The van der Waals surface area contributed by atoms with Gasteiger partial charge in [-0.05, 0) is 34.1 Å². The highest BCUT2D eigenvalue weighted by atomic mass is 16.5. The van der Waals surface area contributed by atoms with E-state index in [1.54, 1.807) is 0 Å². The van der Waals surface area contributed by atoms with Crippen molar-refractivity contribution in [3.05, 3.63) is 0 Å². The van der Waals surface area contributed by atoms with E-state index < -0.39 is 5.54 Å². The van der Waals surface area contributed by atoms with Crippen molar-refractivity contribution in [3.63, 3.8) is 0 Å². The molecule has 1 aliphatic rings. The quantitative estimate of drug-likeness (QED) is 0.729. The monoisotopic (exact) mass is 228 g/mol. The smallest absolute Gasteiger partial charge is 0.327 e. The molecule has 0 saturated carbocycles. The van der Waals surface area contributed by atoms with E-state index in [1.165, 1.54) is 7.11 Å². The molecule has 1 atom stereocenters. The summed E-state index contributed by atoms with van der Waals surface area (Å²) >= 11 is 0. The number of nitrogens with zero attached hydrogens (tertiary/aromatic N) is 1. The van der Waals surface area contributed by atoms with Crippen molar-refractivity contribution in [2.75, 3.05) is 20.2 Å². The fourth-order valence-corrected chi connectivity index (χ4v) is 2.37. The van der Waals surface area contributed by atoms with Crippen LogP contribution in [0.25, 0.3) is 0 Å². The van der Waals surface area contributed by atoms with Crippen LogP contribution in [0, 0.1) is 0 Å². The van der Waals surface area contributed by atoms with E-state index in [0.29, 0.717) is 6.04 Å². The Balaban J connectivity index is 2.78. The van der Waals surface area contributed by atoms with Crippen molar-refractivity contribution in [1.82, 2.24) is 10.2 Å². The molecule has 0 bridgehead atoms. The molecule has 0 radical (unpaired) electrons. The zero-order chi connectivity index (χ0) is 12.3. The second-order valence-electron chi connectivity index (χ2n) is 5.19. The van der Waals surface area contributed by atoms with Crippen LogP contribution in [0.3, 0.4) is 0 Å². The first kappa shape index (κ1) is 13.5. The van der Waals surface area contributed by atoms with Gasteiger partial charge in [0.1, 0.15) is 5.54 Å². The van der Waals surface area contributed by atoms with Crippen LogP contribution >= 0.6 is 0 Å². The predicted molar refractivity (Wildman–Crippen MR) is 64.3 cm³/mol. The van der Waals surface area contributed by atoms with Crippen molar-refractivity contribution in [2.45, 2.75) is 51.7 Å². The lowest BCUT2D eigenvalue weighted by Gasteiger charge is -2.30. The van der Waals surface area contributed by atoms with Crippen LogP contribution in [0.4, 0.5) is 0 Å². The summed E-state index contributed by atoms with van der Waals surface area (Å²) in [5.74, 6) is -0.135. The maximum Gasteiger partial charge on any atom is 0.327 e. The molecule has 1 rings (SSSR count). The van der Waals surface area contributed by atoms with Gasteiger partial charge in [0.2, 0.25) is 0 Å². The number of hydrogen-bond donors (Lipinski definition) is 1. The van der Waals surface area contributed by atoms with E-state index in [-0.39, 0.29) is 12.0 Å². The highest BCUT2D eigenvalue weighted by Gasteiger charge is 2.46. The summed E-state index contributed by atoms with van der Waals surface area (Å²) in [6, 6.07) is 0.756. The van der Waals surface area contributed by atoms with E-state index >= 15 is 0 Å². The van der Waals surface area contributed by atoms with Gasteiger partial charge in [0, 0.05) is 25.2 Å². The zero-order valence-electron chi connectivity index (χ0n) is 11.0. The first-order valence-electron chi connectivity index (χ1n) is 6.01. The summed E-state index contributed by atoms with van der Waals surface area (Å²) in [4.78, 5) is 14.2. The highest BCUT2D eigenvalue weighted by Crippen LogP contribution is 2.25. The number of methoxy groups -OCH3 is 1. The van der Waals surface area contributed by atoms with Crippen molar-refractivity contribution in [3.8, 4) is 0 Å².